The molecule has 0 aliphatic rings. The van der Waals surface area contributed by atoms with Crippen LogP contribution in [0.2, 0.25) is 5.02 Å². The molecule has 0 saturated heterocycles. The third-order valence-electron chi connectivity index (χ3n) is 3.45. The molecule has 0 bridgehead atoms. The summed E-state index contributed by atoms with van der Waals surface area (Å²) in [4.78, 5) is 24.2. The third kappa shape index (κ3) is 4.41. The molecule has 0 aromatic heterocycles. The first-order chi connectivity index (χ1) is 11.0. The van der Waals surface area contributed by atoms with Crippen molar-refractivity contribution in [3.05, 3.63) is 70.7 Å². The van der Waals surface area contributed by atoms with Gasteiger partial charge in [0.2, 0.25) is 0 Å². The van der Waals surface area contributed by atoms with Crippen LogP contribution in [0.25, 0.3) is 0 Å². The maximum Gasteiger partial charge on any atom is 0.303 e. The van der Waals surface area contributed by atoms with Gasteiger partial charge in [0.15, 0.2) is 5.78 Å². The van der Waals surface area contributed by atoms with E-state index in [0.29, 0.717) is 16.1 Å². The molecule has 23 heavy (non-hydrogen) atoms. The van der Waals surface area contributed by atoms with E-state index in [9.17, 15) is 9.59 Å². The molecule has 2 rings (SSSR count). The van der Waals surface area contributed by atoms with Crippen molar-refractivity contribution in [1.29, 1.82) is 0 Å². The van der Waals surface area contributed by atoms with Crippen molar-refractivity contribution >= 4 is 23.4 Å². The summed E-state index contributed by atoms with van der Waals surface area (Å²) in [6.07, 6.45) is -0.734. The first-order valence-electron chi connectivity index (χ1n) is 7.22. The van der Waals surface area contributed by atoms with Gasteiger partial charge in [0.25, 0.3) is 0 Å². The van der Waals surface area contributed by atoms with Gasteiger partial charge in [-0.2, -0.15) is 0 Å². The summed E-state index contributed by atoms with van der Waals surface area (Å²) in [5.74, 6) is -0.597. The Morgan fingerprint density at radius 2 is 1.65 bits per heavy atom. The summed E-state index contributed by atoms with van der Waals surface area (Å²) in [5.41, 5.74) is 1.26. The van der Waals surface area contributed by atoms with Crippen molar-refractivity contribution in [2.24, 2.45) is 0 Å². The lowest BCUT2D eigenvalue weighted by molar-refractivity contribution is -0.147. The summed E-state index contributed by atoms with van der Waals surface area (Å²) >= 11 is 5.90. The van der Waals surface area contributed by atoms with E-state index in [2.05, 4.69) is 5.32 Å². The summed E-state index contributed by atoms with van der Waals surface area (Å²) < 4.78 is 5.41. The first-order valence-corrected chi connectivity index (χ1v) is 7.60. The number of esters is 1. The molecule has 2 atom stereocenters. The Bertz CT molecular complexity index is 670. The molecule has 0 radical (unpaired) electrons. The quantitative estimate of drug-likeness (QED) is 0.651. The number of Topliss-reactive ketones (excluding diaryl/α,β-unsaturated/α-hetero) is 1. The number of ether oxygens (including phenoxy) is 1. The number of rotatable bonds is 6. The number of hydrogen-bond acceptors (Lipinski definition) is 4. The molecule has 2 aromatic rings. The van der Waals surface area contributed by atoms with Crippen molar-refractivity contribution in [2.75, 3.05) is 7.05 Å². The number of ketones is 1. The molecule has 120 valence electrons. The Hall–Kier alpha value is -2.17. The number of carbonyl (C=O) groups is 2. The molecule has 0 amide bonds. The minimum absolute atomic E-state index is 0.144. The van der Waals surface area contributed by atoms with E-state index in [4.69, 9.17) is 16.3 Å². The van der Waals surface area contributed by atoms with Crippen molar-refractivity contribution in [1.82, 2.24) is 5.32 Å². The zero-order valence-electron chi connectivity index (χ0n) is 13.0. The molecular formula is C18H18ClNO3. The monoisotopic (exact) mass is 331 g/mol. The Labute approximate surface area is 140 Å². The van der Waals surface area contributed by atoms with Crippen LogP contribution in [0.4, 0.5) is 0 Å². The van der Waals surface area contributed by atoms with Crippen LogP contribution in [0, 0.1) is 0 Å². The average molecular weight is 332 g/mol. The Morgan fingerprint density at radius 1 is 1.04 bits per heavy atom. The summed E-state index contributed by atoms with van der Waals surface area (Å²) in [5, 5.41) is 3.53. The topological polar surface area (TPSA) is 55.4 Å². The summed E-state index contributed by atoms with van der Waals surface area (Å²) in [6.45, 7) is 1.32. The van der Waals surface area contributed by atoms with E-state index < -0.39 is 18.1 Å². The average Bonchev–Trinajstić information content (AvgIpc) is 2.55. The lowest BCUT2D eigenvalue weighted by Gasteiger charge is -2.26. The van der Waals surface area contributed by atoms with Crippen LogP contribution in [0.1, 0.15) is 28.9 Å². The SMILES string of the molecule is CN[C@H](C(=O)c1ccccc1)[C@H](OC(C)=O)c1ccc(Cl)cc1. The zero-order chi connectivity index (χ0) is 16.8. The van der Waals surface area contributed by atoms with E-state index in [0.717, 1.165) is 0 Å². The minimum Gasteiger partial charge on any atom is -0.455 e. The van der Waals surface area contributed by atoms with Crippen LogP contribution in [-0.2, 0) is 9.53 Å². The number of hydrogen-bond donors (Lipinski definition) is 1. The second kappa shape index (κ2) is 7.90. The third-order valence-corrected chi connectivity index (χ3v) is 3.70. The lowest BCUT2D eigenvalue weighted by Crippen LogP contribution is -2.41. The number of likely N-dealkylation sites (N-methyl/N-ethyl adjacent to an activating group) is 1. The Balaban J connectivity index is 2.37. The highest BCUT2D eigenvalue weighted by Crippen LogP contribution is 2.25. The van der Waals surface area contributed by atoms with E-state index >= 15 is 0 Å². The van der Waals surface area contributed by atoms with Crippen LogP contribution < -0.4 is 5.32 Å². The van der Waals surface area contributed by atoms with Crippen molar-refractivity contribution in [2.45, 2.75) is 19.1 Å². The molecule has 1 N–H and O–H groups in total. The molecule has 0 heterocycles. The molecular weight excluding hydrogens is 314 g/mol. The minimum atomic E-state index is -0.734. The molecule has 0 aliphatic heterocycles. The van der Waals surface area contributed by atoms with Crippen LogP contribution in [0.3, 0.4) is 0 Å². The van der Waals surface area contributed by atoms with E-state index in [1.807, 2.05) is 6.07 Å². The Morgan fingerprint density at radius 3 is 2.17 bits per heavy atom. The highest BCUT2D eigenvalue weighted by Gasteiger charge is 2.31. The molecule has 4 nitrogen and oxygen atoms in total. The lowest BCUT2D eigenvalue weighted by atomic mass is 9.95. The molecule has 0 fully saturated rings. The molecule has 0 spiro atoms. The first kappa shape index (κ1) is 17.2. The number of halogens is 1. The second-order valence-electron chi connectivity index (χ2n) is 5.08. The van der Waals surface area contributed by atoms with Gasteiger partial charge in [-0.3, -0.25) is 9.59 Å². The zero-order valence-corrected chi connectivity index (χ0v) is 13.7. The predicted molar refractivity (Wildman–Crippen MR) is 89.6 cm³/mol. The Kier molecular flexibility index (Phi) is 5.90. The van der Waals surface area contributed by atoms with E-state index in [-0.39, 0.29) is 5.78 Å². The maximum atomic E-state index is 12.8. The predicted octanol–water partition coefficient (Wildman–Crippen LogP) is 3.42. The van der Waals surface area contributed by atoms with Gasteiger partial charge in [0, 0.05) is 17.5 Å². The van der Waals surface area contributed by atoms with E-state index in [1.54, 1.807) is 55.6 Å². The second-order valence-corrected chi connectivity index (χ2v) is 5.51. The van der Waals surface area contributed by atoms with Gasteiger partial charge in [-0.25, -0.2) is 0 Å². The number of carbonyl (C=O) groups excluding carboxylic acids is 2. The molecule has 0 aliphatic carbocycles. The fraction of sp³-hybridized carbons (Fsp3) is 0.222. The van der Waals surface area contributed by atoms with Gasteiger partial charge >= 0.3 is 5.97 Å². The van der Waals surface area contributed by atoms with Gasteiger partial charge in [-0.1, -0.05) is 54.1 Å². The van der Waals surface area contributed by atoms with Gasteiger partial charge in [-0.05, 0) is 24.7 Å². The number of nitrogens with one attached hydrogen (secondary N) is 1. The molecule has 0 saturated carbocycles. The van der Waals surface area contributed by atoms with E-state index in [1.165, 1.54) is 6.92 Å². The highest BCUT2D eigenvalue weighted by molar-refractivity contribution is 6.30. The van der Waals surface area contributed by atoms with Crippen LogP contribution in [0.5, 0.6) is 0 Å². The fourth-order valence-corrected chi connectivity index (χ4v) is 2.49. The molecule has 5 heteroatoms. The number of benzene rings is 2. The normalized spacial score (nSPS) is 13.2. The van der Waals surface area contributed by atoms with Gasteiger partial charge in [-0.15, -0.1) is 0 Å². The summed E-state index contributed by atoms with van der Waals surface area (Å²) in [6, 6.07) is 15.1. The van der Waals surface area contributed by atoms with Crippen molar-refractivity contribution in [3.8, 4) is 0 Å². The van der Waals surface area contributed by atoms with Crippen LogP contribution >= 0.6 is 11.6 Å². The highest BCUT2D eigenvalue weighted by atomic mass is 35.5. The molecule has 2 aromatic carbocycles. The van der Waals surface area contributed by atoms with Gasteiger partial charge in [0.1, 0.15) is 12.1 Å². The molecule has 0 unspecified atom stereocenters. The standard InChI is InChI=1S/C18H18ClNO3/c1-12(21)23-18(14-8-10-15(19)11-9-14)16(20-2)17(22)13-6-4-3-5-7-13/h3-11,16,18,20H,1-2H3/t16-,18-/m1/s1. The smallest absolute Gasteiger partial charge is 0.303 e. The fourth-order valence-electron chi connectivity index (χ4n) is 2.36. The maximum absolute atomic E-state index is 12.8. The van der Waals surface area contributed by atoms with Gasteiger partial charge in [0.05, 0.1) is 0 Å². The van der Waals surface area contributed by atoms with Crippen molar-refractivity contribution < 1.29 is 14.3 Å². The van der Waals surface area contributed by atoms with Crippen LogP contribution in [0.15, 0.2) is 54.6 Å². The summed E-state index contributed by atoms with van der Waals surface area (Å²) in [7, 11) is 1.66. The van der Waals surface area contributed by atoms with Gasteiger partial charge < -0.3 is 10.1 Å². The van der Waals surface area contributed by atoms with Crippen LogP contribution in [-0.4, -0.2) is 24.8 Å². The van der Waals surface area contributed by atoms with Crippen molar-refractivity contribution in [3.63, 3.8) is 0 Å². The largest absolute Gasteiger partial charge is 0.455 e.